The Balaban J connectivity index is 5.06. The summed E-state index contributed by atoms with van der Waals surface area (Å²) in [5, 5.41) is 3.82. The third kappa shape index (κ3) is 47.0. The van der Waals surface area contributed by atoms with Gasteiger partial charge < -0.3 is 37.5 Å². The van der Waals surface area contributed by atoms with Crippen LogP contribution < -0.4 is 5.32 Å². The average molecular weight is 949 g/mol. The first-order valence-electron chi connectivity index (χ1n) is 27.6. The van der Waals surface area contributed by atoms with Crippen molar-refractivity contribution in [3.05, 3.63) is 0 Å². The predicted octanol–water partition coefficient (Wildman–Crippen LogP) is 14.8. The number of hydrogen-bond donors (Lipinski definition) is 1. The van der Waals surface area contributed by atoms with Crippen molar-refractivity contribution in [1.82, 2.24) is 5.32 Å². The first-order chi connectivity index (χ1) is 31.6. The number of nitrogens with one attached hydrogen (secondary N) is 1. The number of rotatable bonds is 56. The second-order valence-corrected chi connectivity index (χ2v) is 22.1. The van der Waals surface area contributed by atoms with Crippen molar-refractivity contribution in [2.75, 3.05) is 85.5 Å². The number of ether oxygens (including phenoxy) is 4. The molecule has 0 aromatic heterocycles. The Bertz CT molecular complexity index is 887. The molecule has 9 nitrogen and oxygen atoms in total. The first kappa shape index (κ1) is 63.9. The zero-order valence-electron chi connectivity index (χ0n) is 43.3. The molecule has 1 atom stereocenters. The van der Waals surface area contributed by atoms with Crippen LogP contribution in [0.1, 0.15) is 240 Å². The molecule has 0 aliphatic carbocycles. The van der Waals surface area contributed by atoms with Crippen LogP contribution in [-0.4, -0.2) is 105 Å². The van der Waals surface area contributed by atoms with Crippen molar-refractivity contribution in [2.24, 2.45) is 0 Å². The minimum Gasteiger partial charge on any atom is -0.379 e. The van der Waals surface area contributed by atoms with E-state index in [0.717, 1.165) is 70.3 Å². The number of hydrogen-bond acceptors (Lipinski definition) is 10. The molecule has 0 rings (SSSR count). The zero-order chi connectivity index (χ0) is 46.5. The summed E-state index contributed by atoms with van der Waals surface area (Å²) < 4.78 is 43.3. The summed E-state index contributed by atoms with van der Waals surface area (Å²) in [6.45, 7) is 14.9. The summed E-state index contributed by atoms with van der Waals surface area (Å²) in [6.07, 6.45) is 41.6. The van der Waals surface area contributed by atoms with Crippen molar-refractivity contribution in [2.45, 2.75) is 252 Å². The molecule has 0 saturated carbocycles. The highest BCUT2D eigenvalue weighted by Crippen LogP contribution is 2.23. The summed E-state index contributed by atoms with van der Waals surface area (Å²) in [4.78, 5) is 12.9. The number of likely N-dealkylation sites (N-methyl/N-ethyl adjacent to an activating group) is 1. The Labute approximate surface area is 403 Å². The van der Waals surface area contributed by atoms with Gasteiger partial charge in [0.15, 0.2) is 5.12 Å². The van der Waals surface area contributed by atoms with Crippen molar-refractivity contribution < 1.29 is 37.0 Å². The summed E-state index contributed by atoms with van der Waals surface area (Å²) in [6, 6.07) is 0.873. The standard InChI is InChI=1S/C53H109NO8SSi/c1-6-10-14-16-18-20-22-24-26-28-30-32-34-37-52(54-5)51-62-64(60-47-45-58-43-41-56-39-12-8-3,61-48-46-59-44-42-57-40-13-9-4)50-36-49-63-53(55)38-35-33-31-29-27-25-23-21-19-17-15-11-7-2/h52,54H,6-51H2,1-5H3. The van der Waals surface area contributed by atoms with Crippen molar-refractivity contribution in [1.29, 1.82) is 0 Å². The van der Waals surface area contributed by atoms with E-state index in [9.17, 15) is 4.79 Å². The van der Waals surface area contributed by atoms with Gasteiger partial charge in [0.2, 0.25) is 0 Å². The molecule has 0 amide bonds. The molecule has 0 heterocycles. The lowest BCUT2D eigenvalue weighted by molar-refractivity contribution is -0.111. The zero-order valence-corrected chi connectivity index (χ0v) is 45.1. The molecule has 0 aromatic rings. The van der Waals surface area contributed by atoms with E-state index in [1.165, 1.54) is 166 Å². The molecule has 0 spiro atoms. The van der Waals surface area contributed by atoms with Gasteiger partial charge in [-0.25, -0.2) is 0 Å². The van der Waals surface area contributed by atoms with E-state index in [4.69, 9.17) is 32.2 Å². The molecule has 0 radical (unpaired) electrons. The van der Waals surface area contributed by atoms with Gasteiger partial charge in [-0.05, 0) is 39.2 Å². The van der Waals surface area contributed by atoms with Gasteiger partial charge in [-0.2, -0.15) is 0 Å². The third-order valence-corrected chi connectivity index (χ3v) is 16.0. The second kappa shape index (κ2) is 53.9. The van der Waals surface area contributed by atoms with Gasteiger partial charge in [0.05, 0.1) is 59.5 Å². The lowest BCUT2D eigenvalue weighted by Crippen LogP contribution is -2.50. The molecule has 0 aliphatic heterocycles. The molecule has 0 saturated heterocycles. The molecule has 1 N–H and O–H groups in total. The number of carbonyl (C=O) groups excluding carboxylic acids is 1. The second-order valence-electron chi connectivity index (χ2n) is 18.2. The third-order valence-electron chi connectivity index (χ3n) is 12.1. The van der Waals surface area contributed by atoms with Gasteiger partial charge in [0.1, 0.15) is 0 Å². The van der Waals surface area contributed by atoms with Gasteiger partial charge in [-0.1, -0.05) is 213 Å². The monoisotopic (exact) mass is 948 g/mol. The number of unbranched alkanes of at least 4 members (excludes halogenated alkanes) is 26. The lowest BCUT2D eigenvalue weighted by atomic mass is 10.0. The maximum Gasteiger partial charge on any atom is 0.501 e. The van der Waals surface area contributed by atoms with Crippen LogP contribution in [0, 0.1) is 0 Å². The molecule has 0 aliphatic rings. The highest BCUT2D eigenvalue weighted by Gasteiger charge is 2.41. The SMILES string of the molecule is CCCCCCCCCCCCCCCC(=O)SCCC[Si](OCCOCCOCCCC)(OCCOCCOCCCC)OCC(CCCCCCCCCCCCCCC)NC. The summed E-state index contributed by atoms with van der Waals surface area (Å²) in [5.41, 5.74) is 0. The molecule has 0 bridgehead atoms. The van der Waals surface area contributed by atoms with E-state index in [-0.39, 0.29) is 6.04 Å². The number of carbonyl (C=O) groups is 1. The molecule has 0 aromatic carbocycles. The fourth-order valence-corrected chi connectivity index (χ4v) is 11.4. The van der Waals surface area contributed by atoms with Crippen LogP contribution in [0.2, 0.25) is 6.04 Å². The Morgan fingerprint density at radius 2 is 0.781 bits per heavy atom. The van der Waals surface area contributed by atoms with Crippen LogP contribution in [0.15, 0.2) is 0 Å². The minimum atomic E-state index is -3.15. The highest BCUT2D eigenvalue weighted by atomic mass is 32.2. The predicted molar refractivity (Wildman–Crippen MR) is 277 cm³/mol. The maximum absolute atomic E-state index is 12.9. The van der Waals surface area contributed by atoms with Crippen LogP contribution in [0.25, 0.3) is 0 Å². The quantitative estimate of drug-likeness (QED) is 0.0469. The molecular formula is C53H109NO8SSi. The maximum atomic E-state index is 12.9. The molecule has 0 fully saturated rings. The molecule has 11 heteroatoms. The van der Waals surface area contributed by atoms with Gasteiger partial charge in [0.25, 0.3) is 0 Å². The molecule has 64 heavy (non-hydrogen) atoms. The van der Waals surface area contributed by atoms with Gasteiger partial charge in [-0.3, -0.25) is 4.79 Å². The Kier molecular flexibility index (Phi) is 53.8. The van der Waals surface area contributed by atoms with Gasteiger partial charge in [0, 0.05) is 37.5 Å². The van der Waals surface area contributed by atoms with E-state index in [1.54, 1.807) is 0 Å². The fraction of sp³-hybridized carbons (Fsp3) is 0.981. The smallest absolute Gasteiger partial charge is 0.379 e. The summed E-state index contributed by atoms with van der Waals surface area (Å²) in [5.74, 6) is 0.744. The topological polar surface area (TPSA) is 93.7 Å². The summed E-state index contributed by atoms with van der Waals surface area (Å²) >= 11 is 1.47. The number of thioether (sulfide) groups is 1. The fourth-order valence-electron chi connectivity index (χ4n) is 7.77. The van der Waals surface area contributed by atoms with E-state index >= 15 is 0 Å². The molecular weight excluding hydrogens is 839 g/mol. The van der Waals surface area contributed by atoms with E-state index in [0.29, 0.717) is 77.0 Å². The first-order valence-corrected chi connectivity index (χ1v) is 30.5. The van der Waals surface area contributed by atoms with Crippen molar-refractivity contribution >= 4 is 25.7 Å². The minimum absolute atomic E-state index is 0.219. The van der Waals surface area contributed by atoms with Crippen molar-refractivity contribution in [3.8, 4) is 0 Å². The van der Waals surface area contributed by atoms with Gasteiger partial charge in [-0.15, -0.1) is 0 Å². The largest absolute Gasteiger partial charge is 0.501 e. The highest BCUT2D eigenvalue weighted by molar-refractivity contribution is 8.13. The van der Waals surface area contributed by atoms with Gasteiger partial charge >= 0.3 is 8.80 Å². The van der Waals surface area contributed by atoms with Crippen LogP contribution >= 0.6 is 11.8 Å². The molecule has 1 unspecified atom stereocenters. The normalized spacial score (nSPS) is 12.5. The van der Waals surface area contributed by atoms with E-state index in [2.05, 4.69) is 33.0 Å². The van der Waals surface area contributed by atoms with Crippen molar-refractivity contribution in [3.63, 3.8) is 0 Å². The Hall–Kier alpha value is -0.0831. The van der Waals surface area contributed by atoms with E-state index < -0.39 is 8.80 Å². The average Bonchev–Trinajstić information content (AvgIpc) is 3.30. The lowest BCUT2D eigenvalue weighted by Gasteiger charge is -2.31. The molecule has 384 valence electrons. The van der Waals surface area contributed by atoms with Crippen LogP contribution in [0.5, 0.6) is 0 Å². The van der Waals surface area contributed by atoms with Crippen LogP contribution in [0.4, 0.5) is 0 Å². The summed E-state index contributed by atoms with van der Waals surface area (Å²) in [7, 11) is -1.12. The van der Waals surface area contributed by atoms with Crippen LogP contribution in [-0.2, 0) is 37.0 Å². The Morgan fingerprint density at radius 1 is 0.422 bits per heavy atom. The van der Waals surface area contributed by atoms with Crippen LogP contribution in [0.3, 0.4) is 0 Å². The van der Waals surface area contributed by atoms with E-state index in [1.807, 2.05) is 7.05 Å². The Morgan fingerprint density at radius 3 is 1.19 bits per heavy atom.